The van der Waals surface area contributed by atoms with Crippen LogP contribution in [0.25, 0.3) is 10.9 Å². The molecule has 0 saturated heterocycles. The molecule has 0 N–H and O–H groups in total. The Hall–Kier alpha value is -1.64. The zero-order valence-corrected chi connectivity index (χ0v) is 15.3. The first-order chi connectivity index (χ1) is 11.9. The Morgan fingerprint density at radius 2 is 1.80 bits per heavy atom. The minimum absolute atomic E-state index is 0.0770. The fourth-order valence-electron chi connectivity index (χ4n) is 2.27. The van der Waals surface area contributed by atoms with E-state index < -0.39 is 12.7 Å². The van der Waals surface area contributed by atoms with Crippen molar-refractivity contribution in [1.29, 1.82) is 0 Å². The number of benzene rings is 1. The van der Waals surface area contributed by atoms with Crippen LogP contribution in [0.4, 0.5) is 24.7 Å². The topological polar surface area (TPSA) is 41.9 Å². The molecule has 4 nitrogen and oxygen atoms in total. The van der Waals surface area contributed by atoms with Crippen LogP contribution in [0.1, 0.15) is 0 Å². The van der Waals surface area contributed by atoms with E-state index in [2.05, 4.69) is 30.9 Å². The first-order valence-corrected chi connectivity index (χ1v) is 8.36. The molecule has 0 amide bonds. The molecule has 0 bridgehead atoms. The van der Waals surface area contributed by atoms with Crippen molar-refractivity contribution in [3.8, 4) is 0 Å². The van der Waals surface area contributed by atoms with Crippen LogP contribution in [-0.2, 0) is 0 Å². The van der Waals surface area contributed by atoms with Crippen molar-refractivity contribution < 1.29 is 13.2 Å². The molecule has 130 valence electrons. The molecule has 0 aliphatic rings. The number of fused-ring (bicyclic) bond motifs is 1. The summed E-state index contributed by atoms with van der Waals surface area (Å²) >= 11 is 15.0. The summed E-state index contributed by atoms with van der Waals surface area (Å²) in [5.41, 5.74) is 0.380. The van der Waals surface area contributed by atoms with Crippen molar-refractivity contribution >= 4 is 61.5 Å². The Morgan fingerprint density at radius 1 is 1.04 bits per heavy atom. The molecule has 0 spiro atoms. The molecule has 2 heterocycles. The number of hydrogen-bond acceptors (Lipinski definition) is 4. The summed E-state index contributed by atoms with van der Waals surface area (Å²) in [5, 5.41) is 0.464. The zero-order valence-electron chi connectivity index (χ0n) is 12.2. The third kappa shape index (κ3) is 3.80. The lowest BCUT2D eigenvalue weighted by atomic mass is 10.2. The number of pyridine rings is 1. The summed E-state index contributed by atoms with van der Waals surface area (Å²) in [6.45, 7) is 0. The second-order valence-electron chi connectivity index (χ2n) is 4.92. The number of halogens is 6. The maximum atomic E-state index is 14.4. The van der Waals surface area contributed by atoms with Gasteiger partial charge in [0.05, 0.1) is 17.4 Å². The highest BCUT2D eigenvalue weighted by atomic mass is 79.9. The highest BCUT2D eigenvalue weighted by Gasteiger charge is 2.31. The molecule has 1 atom stereocenters. The van der Waals surface area contributed by atoms with E-state index in [4.69, 9.17) is 23.2 Å². The molecule has 0 aliphatic carbocycles. The monoisotopic (exact) mass is 450 g/mol. The predicted octanol–water partition coefficient (Wildman–Crippen LogP) is 5.79. The second-order valence-corrected chi connectivity index (χ2v) is 6.61. The highest BCUT2D eigenvalue weighted by Crippen LogP contribution is 2.36. The standard InChI is InChI=1S/C15H8BrCl2F3N4/c16-7-3-9(6-22-5-7)25(13(21)12(19)20)14-10-2-1-8(17)4-11(10)23-15(18)24-14/h1-6,12-13H. The van der Waals surface area contributed by atoms with E-state index in [1.165, 1.54) is 36.7 Å². The van der Waals surface area contributed by atoms with Crippen molar-refractivity contribution in [2.24, 2.45) is 0 Å². The second kappa shape index (κ2) is 7.31. The van der Waals surface area contributed by atoms with Crippen LogP contribution >= 0.6 is 39.1 Å². The van der Waals surface area contributed by atoms with Gasteiger partial charge in [-0.1, -0.05) is 11.6 Å². The third-order valence-corrected chi connectivity index (χ3v) is 4.10. The molecule has 3 rings (SSSR count). The summed E-state index contributed by atoms with van der Waals surface area (Å²) in [6, 6.07) is 5.97. The molecule has 25 heavy (non-hydrogen) atoms. The lowest BCUT2D eigenvalue weighted by Gasteiger charge is -2.27. The van der Waals surface area contributed by atoms with Gasteiger partial charge in [0.15, 0.2) is 0 Å². The van der Waals surface area contributed by atoms with Crippen LogP contribution in [0.15, 0.2) is 41.1 Å². The van der Waals surface area contributed by atoms with E-state index in [0.717, 1.165) is 4.90 Å². The molecule has 0 saturated carbocycles. The fourth-order valence-corrected chi connectivity index (χ4v) is 2.96. The number of rotatable bonds is 4. The third-order valence-electron chi connectivity index (χ3n) is 3.26. The summed E-state index contributed by atoms with van der Waals surface area (Å²) in [4.78, 5) is 12.6. The molecule has 0 fully saturated rings. The zero-order chi connectivity index (χ0) is 18.1. The SMILES string of the molecule is FC(F)C(F)N(c1cncc(Br)c1)c1nc(Cl)nc2cc(Cl)ccc12. The summed E-state index contributed by atoms with van der Waals surface area (Å²) in [7, 11) is 0. The van der Waals surface area contributed by atoms with Crippen molar-refractivity contribution in [2.45, 2.75) is 12.7 Å². The van der Waals surface area contributed by atoms with Gasteiger partial charge in [0.1, 0.15) is 5.82 Å². The van der Waals surface area contributed by atoms with E-state index in [9.17, 15) is 13.2 Å². The fraction of sp³-hybridized carbons (Fsp3) is 0.133. The van der Waals surface area contributed by atoms with Gasteiger partial charge in [0, 0.05) is 21.1 Å². The van der Waals surface area contributed by atoms with Gasteiger partial charge in [-0.3, -0.25) is 9.88 Å². The molecule has 1 unspecified atom stereocenters. The van der Waals surface area contributed by atoms with Gasteiger partial charge in [-0.05, 0) is 51.8 Å². The number of aromatic nitrogens is 3. The average molecular weight is 452 g/mol. The molecule has 10 heteroatoms. The maximum absolute atomic E-state index is 14.4. The van der Waals surface area contributed by atoms with Gasteiger partial charge in [-0.15, -0.1) is 0 Å². The van der Waals surface area contributed by atoms with E-state index in [1.807, 2.05) is 0 Å². The van der Waals surface area contributed by atoms with Crippen molar-refractivity contribution in [1.82, 2.24) is 15.0 Å². The van der Waals surface area contributed by atoms with Crippen LogP contribution in [0, 0.1) is 0 Å². The van der Waals surface area contributed by atoms with Crippen LogP contribution in [-0.4, -0.2) is 27.7 Å². The summed E-state index contributed by atoms with van der Waals surface area (Å²) in [5.74, 6) is -0.112. The van der Waals surface area contributed by atoms with Crippen molar-refractivity contribution in [3.63, 3.8) is 0 Å². The highest BCUT2D eigenvalue weighted by molar-refractivity contribution is 9.10. The minimum atomic E-state index is -3.28. The number of hydrogen-bond donors (Lipinski definition) is 0. The van der Waals surface area contributed by atoms with Gasteiger partial charge in [-0.25, -0.2) is 18.2 Å². The lowest BCUT2D eigenvalue weighted by Crippen LogP contribution is -2.34. The minimum Gasteiger partial charge on any atom is -0.288 e. The van der Waals surface area contributed by atoms with Crippen molar-refractivity contribution in [2.75, 3.05) is 4.90 Å². The molecule has 0 radical (unpaired) electrons. The number of anilines is 2. The van der Waals surface area contributed by atoms with Crippen LogP contribution in [0.5, 0.6) is 0 Å². The molecular formula is C15H8BrCl2F3N4. The van der Waals surface area contributed by atoms with Crippen LogP contribution in [0.3, 0.4) is 0 Å². The Bertz CT molecular complexity index is 923. The van der Waals surface area contributed by atoms with E-state index >= 15 is 0 Å². The summed E-state index contributed by atoms with van der Waals surface area (Å²) < 4.78 is 41.3. The van der Waals surface area contributed by atoms with Gasteiger partial charge >= 0.3 is 0 Å². The smallest absolute Gasteiger partial charge is 0.288 e. The largest absolute Gasteiger partial charge is 0.288 e. The van der Waals surface area contributed by atoms with Gasteiger partial charge in [-0.2, -0.15) is 4.98 Å². The first-order valence-electron chi connectivity index (χ1n) is 6.81. The van der Waals surface area contributed by atoms with E-state index in [0.29, 0.717) is 20.4 Å². The molecule has 0 aliphatic heterocycles. The lowest BCUT2D eigenvalue weighted by molar-refractivity contribution is 0.0534. The molecule has 1 aromatic carbocycles. The Balaban J connectivity index is 2.28. The number of nitrogens with zero attached hydrogens (tertiary/aromatic N) is 4. The summed E-state index contributed by atoms with van der Waals surface area (Å²) in [6.07, 6.45) is -3.25. The quantitative estimate of drug-likeness (QED) is 0.371. The van der Waals surface area contributed by atoms with Crippen LogP contribution < -0.4 is 4.90 Å². The Morgan fingerprint density at radius 3 is 2.48 bits per heavy atom. The first kappa shape index (κ1) is 18.2. The maximum Gasteiger partial charge on any atom is 0.288 e. The molecule has 2 aromatic heterocycles. The van der Waals surface area contributed by atoms with E-state index in [-0.39, 0.29) is 16.8 Å². The van der Waals surface area contributed by atoms with Crippen molar-refractivity contribution in [3.05, 3.63) is 51.4 Å². The normalized spacial score (nSPS) is 12.6. The van der Waals surface area contributed by atoms with Gasteiger partial charge in [0.2, 0.25) is 11.6 Å². The average Bonchev–Trinajstić information content (AvgIpc) is 2.54. The molecule has 3 aromatic rings. The van der Waals surface area contributed by atoms with Crippen LogP contribution in [0.2, 0.25) is 10.3 Å². The predicted molar refractivity (Wildman–Crippen MR) is 94.5 cm³/mol. The van der Waals surface area contributed by atoms with Gasteiger partial charge < -0.3 is 0 Å². The number of alkyl halides is 3. The Labute approximate surface area is 158 Å². The molecular weight excluding hydrogens is 444 g/mol. The van der Waals surface area contributed by atoms with E-state index in [1.54, 1.807) is 0 Å². The Kier molecular flexibility index (Phi) is 5.31. The van der Waals surface area contributed by atoms with Gasteiger partial charge in [0.25, 0.3) is 6.43 Å².